The van der Waals surface area contributed by atoms with Crippen LogP contribution in [0, 0.1) is 12.8 Å². The van der Waals surface area contributed by atoms with Crippen molar-refractivity contribution in [1.29, 1.82) is 0 Å². The van der Waals surface area contributed by atoms with Gasteiger partial charge in [-0.3, -0.25) is 0 Å². The zero-order valence-electron chi connectivity index (χ0n) is 12.5. The second-order valence-corrected chi connectivity index (χ2v) is 7.35. The lowest BCUT2D eigenvalue weighted by Crippen LogP contribution is -2.36. The number of hydrogen-bond donors (Lipinski definition) is 2. The van der Waals surface area contributed by atoms with E-state index in [0.29, 0.717) is 5.75 Å². The average Bonchev–Trinajstić information content (AvgIpc) is 2.46. The molecule has 0 amide bonds. The minimum absolute atomic E-state index is 0.00988. The first-order chi connectivity index (χ1) is 9.94. The summed E-state index contributed by atoms with van der Waals surface area (Å²) in [5.41, 5.74) is 0.855. The Labute approximate surface area is 126 Å². The lowest BCUT2D eigenvalue weighted by molar-refractivity contribution is 0.0724. The number of aliphatic hydroxyl groups is 1. The molecule has 0 aliphatic heterocycles. The molecule has 0 bridgehead atoms. The first-order valence-corrected chi connectivity index (χ1v) is 8.74. The molecule has 2 N–H and O–H groups in total. The molecule has 1 aromatic carbocycles. The molecule has 2 atom stereocenters. The van der Waals surface area contributed by atoms with E-state index in [9.17, 15) is 13.5 Å². The summed E-state index contributed by atoms with van der Waals surface area (Å²) in [6.07, 6.45) is 3.24. The number of aryl methyl sites for hydroxylation is 1. The van der Waals surface area contributed by atoms with Gasteiger partial charge in [0, 0.05) is 6.54 Å². The van der Waals surface area contributed by atoms with Gasteiger partial charge in [-0.25, -0.2) is 13.1 Å². The Bertz CT molecular complexity index is 585. The van der Waals surface area contributed by atoms with Gasteiger partial charge >= 0.3 is 0 Å². The summed E-state index contributed by atoms with van der Waals surface area (Å²) in [6.45, 7) is 2.10. The van der Waals surface area contributed by atoms with Gasteiger partial charge in [0.25, 0.3) is 0 Å². The van der Waals surface area contributed by atoms with E-state index < -0.39 is 16.1 Å². The van der Waals surface area contributed by atoms with Crippen LogP contribution in [0.2, 0.25) is 0 Å². The molecule has 1 aliphatic rings. The van der Waals surface area contributed by atoms with E-state index in [1.54, 1.807) is 12.1 Å². The van der Waals surface area contributed by atoms with Crippen LogP contribution in [0.25, 0.3) is 0 Å². The predicted molar refractivity (Wildman–Crippen MR) is 80.9 cm³/mol. The van der Waals surface area contributed by atoms with Crippen molar-refractivity contribution in [3.05, 3.63) is 23.8 Å². The summed E-state index contributed by atoms with van der Waals surface area (Å²) in [4.78, 5) is 0.148. The van der Waals surface area contributed by atoms with Crippen LogP contribution >= 0.6 is 0 Å². The summed E-state index contributed by atoms with van der Waals surface area (Å²) in [7, 11) is -2.18. The SMILES string of the molecule is COc1ccc(C)cc1S(=O)(=O)NCC1CCCCC1O. The largest absolute Gasteiger partial charge is 0.495 e. The van der Waals surface area contributed by atoms with Crippen molar-refractivity contribution in [2.45, 2.75) is 43.6 Å². The monoisotopic (exact) mass is 313 g/mol. The zero-order valence-corrected chi connectivity index (χ0v) is 13.3. The van der Waals surface area contributed by atoms with Gasteiger partial charge in [-0.2, -0.15) is 0 Å². The van der Waals surface area contributed by atoms with Crippen molar-refractivity contribution in [3.8, 4) is 5.75 Å². The standard InChI is InChI=1S/C15H23NO4S/c1-11-7-8-14(20-2)15(9-11)21(18,19)16-10-12-5-3-4-6-13(12)17/h7-9,12-13,16-17H,3-6,10H2,1-2H3. The summed E-state index contributed by atoms with van der Waals surface area (Å²) >= 11 is 0. The molecular formula is C15H23NO4S. The number of rotatable bonds is 5. The minimum atomic E-state index is -3.63. The van der Waals surface area contributed by atoms with Crippen LogP contribution in [0.5, 0.6) is 5.75 Å². The van der Waals surface area contributed by atoms with Gasteiger partial charge < -0.3 is 9.84 Å². The van der Waals surface area contributed by atoms with Crippen molar-refractivity contribution in [1.82, 2.24) is 4.72 Å². The van der Waals surface area contributed by atoms with Crippen LogP contribution < -0.4 is 9.46 Å². The van der Waals surface area contributed by atoms with E-state index in [0.717, 1.165) is 31.2 Å². The molecule has 2 unspecified atom stereocenters. The fourth-order valence-corrected chi connectivity index (χ4v) is 4.06. The van der Waals surface area contributed by atoms with Crippen molar-refractivity contribution in [2.75, 3.05) is 13.7 Å². The minimum Gasteiger partial charge on any atom is -0.495 e. The second kappa shape index (κ2) is 6.77. The molecule has 0 radical (unpaired) electrons. The van der Waals surface area contributed by atoms with Crippen LogP contribution in [-0.4, -0.2) is 33.3 Å². The highest BCUT2D eigenvalue weighted by molar-refractivity contribution is 7.89. The molecule has 1 aromatic rings. The quantitative estimate of drug-likeness (QED) is 0.869. The third-order valence-corrected chi connectivity index (χ3v) is 5.46. The number of benzene rings is 1. The molecule has 5 nitrogen and oxygen atoms in total. The second-order valence-electron chi connectivity index (χ2n) is 5.62. The number of sulfonamides is 1. The molecule has 1 aliphatic carbocycles. The maximum atomic E-state index is 12.4. The highest BCUT2D eigenvalue weighted by atomic mass is 32.2. The molecule has 0 aromatic heterocycles. The van der Waals surface area contributed by atoms with Gasteiger partial charge in [0.2, 0.25) is 10.0 Å². The van der Waals surface area contributed by atoms with Crippen LogP contribution in [0.4, 0.5) is 0 Å². The molecule has 0 heterocycles. The van der Waals surface area contributed by atoms with Gasteiger partial charge in [-0.1, -0.05) is 18.9 Å². The van der Waals surface area contributed by atoms with Crippen LogP contribution in [-0.2, 0) is 10.0 Å². The Kier molecular flexibility index (Phi) is 5.24. The third kappa shape index (κ3) is 3.96. The number of ether oxygens (including phenoxy) is 1. The van der Waals surface area contributed by atoms with Gasteiger partial charge in [0.1, 0.15) is 10.6 Å². The van der Waals surface area contributed by atoms with Gasteiger partial charge in [0.05, 0.1) is 13.2 Å². The molecular weight excluding hydrogens is 290 g/mol. The van der Waals surface area contributed by atoms with E-state index >= 15 is 0 Å². The van der Waals surface area contributed by atoms with Crippen molar-refractivity contribution in [3.63, 3.8) is 0 Å². The molecule has 1 saturated carbocycles. The summed E-state index contributed by atoms with van der Waals surface area (Å²) in [5.74, 6) is 0.321. The first-order valence-electron chi connectivity index (χ1n) is 7.26. The van der Waals surface area contributed by atoms with E-state index in [2.05, 4.69) is 4.72 Å². The van der Waals surface area contributed by atoms with E-state index in [-0.39, 0.29) is 17.4 Å². The fraction of sp³-hybridized carbons (Fsp3) is 0.600. The van der Waals surface area contributed by atoms with E-state index in [1.807, 2.05) is 13.0 Å². The fourth-order valence-electron chi connectivity index (χ4n) is 2.71. The van der Waals surface area contributed by atoms with Gasteiger partial charge in [0.15, 0.2) is 0 Å². The van der Waals surface area contributed by atoms with Gasteiger partial charge in [-0.15, -0.1) is 0 Å². The Hall–Kier alpha value is -1.11. The topological polar surface area (TPSA) is 75.6 Å². The highest BCUT2D eigenvalue weighted by Crippen LogP contribution is 2.27. The number of methoxy groups -OCH3 is 1. The Morgan fingerprint density at radius 3 is 2.71 bits per heavy atom. The summed E-state index contributed by atoms with van der Waals surface area (Å²) < 4.78 is 32.6. The van der Waals surface area contributed by atoms with Gasteiger partial charge in [-0.05, 0) is 43.4 Å². The molecule has 6 heteroatoms. The zero-order chi connectivity index (χ0) is 15.5. The number of hydrogen-bond acceptors (Lipinski definition) is 4. The molecule has 0 saturated heterocycles. The maximum Gasteiger partial charge on any atom is 0.244 e. The van der Waals surface area contributed by atoms with Crippen molar-refractivity contribution >= 4 is 10.0 Å². The smallest absolute Gasteiger partial charge is 0.244 e. The molecule has 21 heavy (non-hydrogen) atoms. The normalized spacial score (nSPS) is 23.0. The predicted octanol–water partition coefficient (Wildman–Crippen LogP) is 1.83. The Balaban J connectivity index is 2.13. The lowest BCUT2D eigenvalue weighted by Gasteiger charge is -2.27. The van der Waals surface area contributed by atoms with E-state index in [4.69, 9.17) is 4.74 Å². The first kappa shape index (κ1) is 16.3. The molecule has 0 spiro atoms. The van der Waals surface area contributed by atoms with Crippen molar-refractivity contribution in [2.24, 2.45) is 5.92 Å². The maximum absolute atomic E-state index is 12.4. The van der Waals surface area contributed by atoms with Crippen LogP contribution in [0.3, 0.4) is 0 Å². The van der Waals surface area contributed by atoms with Crippen LogP contribution in [0.1, 0.15) is 31.2 Å². The molecule has 2 rings (SSSR count). The average molecular weight is 313 g/mol. The lowest BCUT2D eigenvalue weighted by atomic mass is 9.87. The number of nitrogens with one attached hydrogen (secondary N) is 1. The summed E-state index contributed by atoms with van der Waals surface area (Å²) in [6, 6.07) is 5.06. The van der Waals surface area contributed by atoms with Crippen LogP contribution in [0.15, 0.2) is 23.1 Å². The van der Waals surface area contributed by atoms with E-state index in [1.165, 1.54) is 7.11 Å². The summed E-state index contributed by atoms with van der Waals surface area (Å²) in [5, 5.41) is 9.92. The van der Waals surface area contributed by atoms with Crippen molar-refractivity contribution < 1.29 is 18.3 Å². The highest BCUT2D eigenvalue weighted by Gasteiger charge is 2.26. The molecule has 118 valence electrons. The Morgan fingerprint density at radius 2 is 2.05 bits per heavy atom. The number of aliphatic hydroxyl groups excluding tert-OH is 1. The third-order valence-electron chi connectivity index (χ3n) is 4.01. The Morgan fingerprint density at radius 1 is 1.33 bits per heavy atom. The molecule has 1 fully saturated rings.